The minimum Gasteiger partial charge on any atom is -0.491 e. The lowest BCUT2D eigenvalue weighted by Crippen LogP contribution is -2.69. The summed E-state index contributed by atoms with van der Waals surface area (Å²) in [6, 6.07) is 14.1. The highest BCUT2D eigenvalue weighted by atomic mass is 16.8. The van der Waals surface area contributed by atoms with Crippen LogP contribution in [0.4, 0.5) is 0 Å². The lowest BCUT2D eigenvalue weighted by molar-refractivity contribution is -0.402. The first-order valence-corrected chi connectivity index (χ1v) is 38.5. The van der Waals surface area contributed by atoms with Crippen LogP contribution in [0.15, 0.2) is 73.8 Å². The van der Waals surface area contributed by atoms with Gasteiger partial charge in [-0.05, 0) is 48.5 Å². The molecule has 0 aromatic heterocycles. The molecule has 0 spiro atoms. The van der Waals surface area contributed by atoms with Crippen LogP contribution >= 0.6 is 0 Å². The predicted octanol–water partition coefficient (Wildman–Crippen LogP) is 2.50. The van der Waals surface area contributed by atoms with Crippen LogP contribution in [0.1, 0.15) is 0 Å². The van der Waals surface area contributed by atoms with E-state index in [0.717, 1.165) is 0 Å². The standard InChI is InChI=1S/C79H124O37/c1-22-32-99-41-24-28-43(29-25-41)101-39-50-57-64(90-13)72(98-21)79(109-50)114-56-49(38-84-7)105-75(68(94-17)63(56)89-12)112-54-47(36-82-5)107-77(70(96-19)61(54)87-10)116-58-51(40-102-44-30-26-42(27-31-44)100-33-23-2)108-78(71(97-20)65(58)91-14)113-55-48(37-83-6)104-74(67(93-16)62(55)88-11)110-52-45(34-80-3)103-73(66(92-15)59(52)85-8)111-53-46(35-81-4)106-76(115-57)69(95-18)60(53)86-9/h22-31,45-79H,1-2,32-40H2,3-21H3/t45-,46+,47-,48-,49+,50+,51-,52+,53+,54+,55+,56+,57+,58+,59-,60+,61-,62-,63-,64-,65-,66+,67+,68+,69-,70+,71+,72-,73+,74+,75+,76+,77+,78+,79+/m0/s1. The Morgan fingerprint density at radius 2 is 0.353 bits per heavy atom. The molecule has 37 nitrogen and oxygen atoms in total. The van der Waals surface area contributed by atoms with Gasteiger partial charge in [-0.15, -0.1) is 0 Å². The van der Waals surface area contributed by atoms with E-state index in [2.05, 4.69) is 13.2 Å². The van der Waals surface area contributed by atoms with Crippen LogP contribution in [-0.2, 0) is 156 Å². The first-order valence-electron chi connectivity index (χ1n) is 38.5. The Morgan fingerprint density at radius 1 is 0.207 bits per heavy atom. The van der Waals surface area contributed by atoms with Gasteiger partial charge in [-0.25, -0.2) is 0 Å². The van der Waals surface area contributed by atoms with Gasteiger partial charge in [0.05, 0.1) is 33.0 Å². The highest BCUT2D eigenvalue weighted by Crippen LogP contribution is 2.44. The molecule has 35 atom stereocenters. The minimum absolute atomic E-state index is 0.0704. The molecule has 37 heteroatoms. The Hall–Kier alpha value is -4.20. The second kappa shape index (κ2) is 46.9. The van der Waals surface area contributed by atoms with E-state index in [-0.39, 0.29) is 46.2 Å². The first kappa shape index (κ1) is 94.1. The molecule has 21 heterocycles. The number of ether oxygens (including phenoxy) is 37. The molecule has 21 fully saturated rings. The fraction of sp³-hybridized carbons (Fsp3) is 0.797. The third-order valence-corrected chi connectivity index (χ3v) is 21.9. The van der Waals surface area contributed by atoms with Crippen LogP contribution < -0.4 is 18.9 Å². The molecule has 21 saturated heterocycles. The van der Waals surface area contributed by atoms with Gasteiger partial charge in [0.15, 0.2) is 44.0 Å². The van der Waals surface area contributed by atoms with Crippen molar-refractivity contribution in [3.8, 4) is 23.0 Å². The zero-order valence-corrected chi connectivity index (χ0v) is 69.9. The summed E-state index contributed by atoms with van der Waals surface area (Å²) in [5.41, 5.74) is 0. The van der Waals surface area contributed by atoms with Crippen molar-refractivity contribution in [3.05, 3.63) is 73.8 Å². The van der Waals surface area contributed by atoms with Crippen molar-refractivity contribution in [2.75, 3.05) is 195 Å². The van der Waals surface area contributed by atoms with E-state index in [0.29, 0.717) is 36.2 Å². The fourth-order valence-electron chi connectivity index (χ4n) is 16.5. The quantitative estimate of drug-likeness (QED) is 0.0885. The molecule has 0 amide bonds. The molecule has 0 aliphatic carbocycles. The summed E-state index contributed by atoms with van der Waals surface area (Å²) in [5, 5.41) is 0. The Balaban J connectivity index is 1.08. The van der Waals surface area contributed by atoms with E-state index >= 15 is 0 Å². The fourth-order valence-corrected chi connectivity index (χ4v) is 16.5. The van der Waals surface area contributed by atoms with Crippen LogP contribution in [-0.4, -0.2) is 409 Å². The number of rotatable bonds is 36. The number of hydrogen-bond donors (Lipinski definition) is 0. The van der Waals surface area contributed by atoms with Crippen molar-refractivity contribution in [3.63, 3.8) is 0 Å². The van der Waals surface area contributed by atoms with Crippen LogP contribution in [0, 0.1) is 0 Å². The van der Waals surface area contributed by atoms with E-state index < -0.39 is 215 Å². The maximum Gasteiger partial charge on any atom is 0.187 e. The summed E-state index contributed by atoms with van der Waals surface area (Å²) in [7, 11) is 28.6. The second-order valence-corrected chi connectivity index (χ2v) is 28.4. The Kier molecular flexibility index (Phi) is 38.0. The van der Waals surface area contributed by atoms with E-state index in [1.54, 1.807) is 60.7 Å². The SMILES string of the molecule is C=CCOc1ccc(OC[C@@H]2O[C@@H]3O[C@H]4[C@H](OC)[C@@H](OC)[C@@H](O[C@H]5[C@H](OC)[C@@H](OC)[C@@H](O[C@H]6[C@@H](OC)[C@H](OC)[C@@H](O[C@H]7[C@H](OC)[C@H](OC)[C@@H](O[C@H]8[C@H](OC)[C@@H](OC)[C@@H](O[C@H]9[C@H](OC)[C@@H](OC)[C@@H](O[C@H]2[C@H](OC)[C@H]3OC)O[C@H]9COC)O[C@@H]8COC)O[C@@H]7COc2ccc(OCC=C)cc2)O[C@@H]6COC)O[C@H]5COC)O[C@H]4COC)cc1. The Morgan fingerprint density at radius 3 is 0.491 bits per heavy atom. The lowest BCUT2D eigenvalue weighted by atomic mass is 9.94. The molecule has 0 radical (unpaired) electrons. The summed E-state index contributed by atoms with van der Waals surface area (Å²) in [5.74, 6) is 2.08. The zero-order valence-electron chi connectivity index (χ0n) is 69.9. The van der Waals surface area contributed by atoms with Crippen LogP contribution in [0.3, 0.4) is 0 Å². The van der Waals surface area contributed by atoms with Crippen LogP contribution in [0.25, 0.3) is 0 Å². The van der Waals surface area contributed by atoms with Gasteiger partial charge in [0.25, 0.3) is 0 Å². The summed E-state index contributed by atoms with van der Waals surface area (Å²) in [4.78, 5) is 0. The molecule has 662 valence electrons. The first-order chi connectivity index (χ1) is 56.6. The summed E-state index contributed by atoms with van der Waals surface area (Å²) >= 11 is 0. The highest BCUT2D eigenvalue weighted by Gasteiger charge is 2.62. The van der Waals surface area contributed by atoms with Gasteiger partial charge in [-0.2, -0.15) is 0 Å². The van der Waals surface area contributed by atoms with Crippen LogP contribution in [0.5, 0.6) is 23.0 Å². The smallest absolute Gasteiger partial charge is 0.187 e. The van der Waals surface area contributed by atoms with Gasteiger partial charge >= 0.3 is 0 Å². The van der Waals surface area contributed by atoms with E-state index in [1.807, 2.05) is 0 Å². The van der Waals surface area contributed by atoms with E-state index in [4.69, 9.17) is 175 Å². The average molecular weight is 1670 g/mol. The van der Waals surface area contributed by atoms with Gasteiger partial charge in [0.1, 0.15) is 220 Å². The van der Waals surface area contributed by atoms with Gasteiger partial charge in [0.2, 0.25) is 0 Å². The van der Waals surface area contributed by atoms with Crippen molar-refractivity contribution in [2.24, 2.45) is 0 Å². The Labute approximate surface area is 679 Å². The van der Waals surface area contributed by atoms with Crippen LogP contribution in [0.2, 0.25) is 0 Å². The summed E-state index contributed by atoms with van der Waals surface area (Å²) in [6.45, 7) is 7.37. The molecule has 14 bridgehead atoms. The molecule has 0 unspecified atom stereocenters. The summed E-state index contributed by atoms with van der Waals surface area (Å²) < 4.78 is 243. The normalized spacial score (nSPS) is 40.5. The second-order valence-electron chi connectivity index (χ2n) is 28.4. The molecule has 2 aromatic rings. The number of hydrogen-bond acceptors (Lipinski definition) is 37. The van der Waals surface area contributed by atoms with Gasteiger partial charge < -0.3 is 175 Å². The van der Waals surface area contributed by atoms with Gasteiger partial charge in [-0.1, -0.05) is 25.3 Å². The van der Waals surface area contributed by atoms with Crippen molar-refractivity contribution >= 4 is 0 Å². The molecular weight excluding hydrogens is 1540 g/mol. The maximum absolute atomic E-state index is 7.23. The van der Waals surface area contributed by atoms with Gasteiger partial charge in [0, 0.05) is 135 Å². The molecular formula is C79H124O37. The highest BCUT2D eigenvalue weighted by molar-refractivity contribution is 5.32. The largest absolute Gasteiger partial charge is 0.491 e. The molecule has 21 aliphatic rings. The van der Waals surface area contributed by atoms with Crippen molar-refractivity contribution < 1.29 is 175 Å². The van der Waals surface area contributed by atoms with E-state index in [1.165, 1.54) is 135 Å². The van der Waals surface area contributed by atoms with Gasteiger partial charge in [-0.3, -0.25) is 0 Å². The third kappa shape index (κ3) is 21.7. The molecule has 21 aliphatic heterocycles. The molecule has 23 rings (SSSR count). The number of benzene rings is 2. The van der Waals surface area contributed by atoms with E-state index in [9.17, 15) is 0 Å². The van der Waals surface area contributed by atoms with Crippen molar-refractivity contribution in [1.82, 2.24) is 0 Å². The molecule has 116 heavy (non-hydrogen) atoms. The van der Waals surface area contributed by atoms with Crippen molar-refractivity contribution in [1.29, 1.82) is 0 Å². The van der Waals surface area contributed by atoms with Crippen molar-refractivity contribution in [2.45, 2.75) is 215 Å². The molecule has 2 aromatic carbocycles. The lowest BCUT2D eigenvalue weighted by Gasteiger charge is -2.52. The third-order valence-electron chi connectivity index (χ3n) is 21.9. The number of methoxy groups -OCH3 is 19. The summed E-state index contributed by atoms with van der Waals surface area (Å²) in [6.07, 6.45) is -35.2. The topological polar surface area (TPSA) is 342 Å². The molecule has 0 saturated carbocycles. The Bertz CT molecular complexity index is 3010. The molecule has 0 N–H and O–H groups in total. The average Bonchev–Trinajstić information content (AvgIpc) is 0.767. The minimum atomic E-state index is -1.32. The maximum atomic E-state index is 7.23. The zero-order chi connectivity index (χ0) is 83.1. The monoisotopic (exact) mass is 1660 g/mol. The predicted molar refractivity (Wildman–Crippen MR) is 401 cm³/mol.